The normalized spacial score (nSPS) is 13.8. The molecule has 1 aromatic rings. The number of rotatable bonds is 5. The number of hydrogen-bond acceptors (Lipinski definition) is 4. The van der Waals surface area contributed by atoms with Gasteiger partial charge in [-0.25, -0.2) is 0 Å². The average molecular weight is 235 g/mol. The molecule has 0 spiro atoms. The highest BCUT2D eigenvalue weighted by Gasteiger charge is 2.16. The molecule has 0 aliphatic heterocycles. The molecule has 17 heavy (non-hydrogen) atoms. The number of amides is 1. The number of phenols is 1. The minimum absolute atomic E-state index is 0.163. The predicted octanol–water partition coefficient (Wildman–Crippen LogP) is -0.124. The molecule has 0 aromatic heterocycles. The van der Waals surface area contributed by atoms with Gasteiger partial charge < -0.3 is 16.2 Å². The summed E-state index contributed by atoms with van der Waals surface area (Å²) < 4.78 is 0. The number of hydrogen-bond donors (Lipinski definition) is 3. The van der Waals surface area contributed by atoms with Gasteiger partial charge in [-0.05, 0) is 31.0 Å². The maximum atomic E-state index is 11.5. The maximum absolute atomic E-state index is 11.5. The Kier molecular flexibility index (Phi) is 4.66. The van der Waals surface area contributed by atoms with E-state index in [9.17, 15) is 9.59 Å². The summed E-state index contributed by atoms with van der Waals surface area (Å²) in [6, 6.07) is 5.06. The largest absolute Gasteiger partial charge is 0.508 e. The molecule has 5 nitrogen and oxygen atoms in total. The Morgan fingerprint density at radius 2 is 2.06 bits per heavy atom. The van der Waals surface area contributed by atoms with E-state index in [1.165, 1.54) is 19.1 Å². The van der Waals surface area contributed by atoms with E-state index in [0.29, 0.717) is 6.42 Å². The molecule has 1 radical (unpaired) electrons. The summed E-state index contributed by atoms with van der Waals surface area (Å²) in [5.41, 5.74) is 6.53. The number of benzene rings is 1. The summed E-state index contributed by atoms with van der Waals surface area (Å²) >= 11 is 0. The fraction of sp³-hybridized carbons (Fsp3) is 0.333. The minimum atomic E-state index is -0.727. The van der Waals surface area contributed by atoms with Crippen LogP contribution in [-0.4, -0.2) is 29.4 Å². The van der Waals surface area contributed by atoms with E-state index < -0.39 is 18.0 Å². The van der Waals surface area contributed by atoms with Crippen molar-refractivity contribution in [3.8, 4) is 5.75 Å². The van der Waals surface area contributed by atoms with Crippen LogP contribution in [0.5, 0.6) is 5.75 Å². The van der Waals surface area contributed by atoms with E-state index in [2.05, 4.69) is 5.32 Å². The summed E-state index contributed by atoms with van der Waals surface area (Å²) in [5, 5.41) is 11.5. The summed E-state index contributed by atoms with van der Waals surface area (Å²) in [5.74, 6) is -0.232. The molecular weight excluding hydrogens is 220 g/mol. The van der Waals surface area contributed by atoms with E-state index in [0.717, 1.165) is 5.56 Å². The van der Waals surface area contributed by atoms with Gasteiger partial charge in [-0.1, -0.05) is 12.1 Å². The zero-order valence-electron chi connectivity index (χ0n) is 9.51. The highest BCUT2D eigenvalue weighted by Crippen LogP contribution is 2.10. The second kappa shape index (κ2) is 6.00. The average Bonchev–Trinajstić information content (AvgIpc) is 2.31. The second-order valence-corrected chi connectivity index (χ2v) is 3.83. The minimum Gasteiger partial charge on any atom is -0.508 e. The Bertz CT molecular complexity index is 389. The van der Waals surface area contributed by atoms with Gasteiger partial charge in [-0.2, -0.15) is 0 Å². The lowest BCUT2D eigenvalue weighted by molar-refractivity contribution is -0.122. The van der Waals surface area contributed by atoms with Crippen LogP contribution in [0.1, 0.15) is 12.5 Å². The molecule has 0 aliphatic carbocycles. The molecule has 0 saturated heterocycles. The molecule has 0 fully saturated rings. The molecule has 4 N–H and O–H groups in total. The van der Waals surface area contributed by atoms with Crippen molar-refractivity contribution in [2.75, 3.05) is 0 Å². The van der Waals surface area contributed by atoms with Crippen molar-refractivity contribution in [3.05, 3.63) is 29.8 Å². The molecule has 2 unspecified atom stereocenters. The monoisotopic (exact) mass is 235 g/mol. The van der Waals surface area contributed by atoms with Crippen LogP contribution in [0.3, 0.4) is 0 Å². The van der Waals surface area contributed by atoms with Crippen LogP contribution in [0.15, 0.2) is 24.3 Å². The molecular formula is C12H15N2O3. The van der Waals surface area contributed by atoms with Crippen LogP contribution < -0.4 is 11.1 Å². The van der Waals surface area contributed by atoms with Crippen LogP contribution in [-0.2, 0) is 16.0 Å². The third-order valence-electron chi connectivity index (χ3n) is 2.26. The molecule has 2 atom stereocenters. The van der Waals surface area contributed by atoms with Gasteiger partial charge in [0, 0.05) is 0 Å². The van der Waals surface area contributed by atoms with Crippen molar-refractivity contribution in [2.24, 2.45) is 5.73 Å². The van der Waals surface area contributed by atoms with Crippen LogP contribution in [0.4, 0.5) is 0 Å². The maximum Gasteiger partial charge on any atom is 0.237 e. The molecule has 0 saturated carbocycles. The molecule has 1 aromatic carbocycles. The van der Waals surface area contributed by atoms with Gasteiger partial charge in [0.25, 0.3) is 0 Å². The lowest BCUT2D eigenvalue weighted by Crippen LogP contribution is -2.45. The molecule has 0 heterocycles. The van der Waals surface area contributed by atoms with Crippen LogP contribution in [0.25, 0.3) is 0 Å². The summed E-state index contributed by atoms with van der Waals surface area (Å²) in [6.45, 7) is 1.53. The molecule has 0 aliphatic rings. The van der Waals surface area contributed by atoms with Crippen molar-refractivity contribution in [3.63, 3.8) is 0 Å². The summed E-state index contributed by atoms with van der Waals surface area (Å²) in [7, 11) is 0. The van der Waals surface area contributed by atoms with Gasteiger partial charge >= 0.3 is 0 Å². The van der Waals surface area contributed by atoms with Gasteiger partial charge in [0.15, 0.2) is 0 Å². The molecule has 91 valence electrons. The fourth-order valence-electron chi connectivity index (χ4n) is 1.33. The van der Waals surface area contributed by atoms with E-state index in [1.807, 2.05) is 0 Å². The Balaban J connectivity index is 2.53. The van der Waals surface area contributed by atoms with E-state index >= 15 is 0 Å². The lowest BCUT2D eigenvalue weighted by Gasteiger charge is -2.13. The second-order valence-electron chi connectivity index (χ2n) is 3.83. The zero-order valence-corrected chi connectivity index (χ0v) is 9.51. The lowest BCUT2D eigenvalue weighted by atomic mass is 10.1. The Morgan fingerprint density at radius 1 is 1.47 bits per heavy atom. The van der Waals surface area contributed by atoms with Crippen LogP contribution in [0.2, 0.25) is 0 Å². The van der Waals surface area contributed by atoms with Crippen LogP contribution in [0, 0.1) is 0 Å². The molecule has 0 bridgehead atoms. The Hall–Kier alpha value is -1.88. The molecule has 1 rings (SSSR count). The number of nitrogens with two attached hydrogens (primary N) is 1. The quantitative estimate of drug-likeness (QED) is 0.663. The number of nitrogens with one attached hydrogen (secondary N) is 1. The van der Waals surface area contributed by atoms with Crippen molar-refractivity contribution < 1.29 is 14.7 Å². The van der Waals surface area contributed by atoms with E-state index in [-0.39, 0.29) is 5.75 Å². The highest BCUT2D eigenvalue weighted by atomic mass is 16.3. The van der Waals surface area contributed by atoms with Crippen LogP contribution >= 0.6 is 0 Å². The summed E-state index contributed by atoms with van der Waals surface area (Å²) in [4.78, 5) is 21.8. The zero-order chi connectivity index (χ0) is 12.8. The Morgan fingerprint density at radius 3 is 2.59 bits per heavy atom. The Labute approximate surface area is 99.6 Å². The first-order valence-corrected chi connectivity index (χ1v) is 5.24. The van der Waals surface area contributed by atoms with Gasteiger partial charge in [0.2, 0.25) is 12.2 Å². The van der Waals surface area contributed by atoms with Crippen molar-refractivity contribution in [1.29, 1.82) is 0 Å². The van der Waals surface area contributed by atoms with Gasteiger partial charge in [-0.15, -0.1) is 0 Å². The third kappa shape index (κ3) is 4.24. The molecule has 1 amide bonds. The van der Waals surface area contributed by atoms with Crippen molar-refractivity contribution in [2.45, 2.75) is 25.4 Å². The first-order valence-electron chi connectivity index (χ1n) is 5.24. The van der Waals surface area contributed by atoms with E-state index in [1.54, 1.807) is 18.4 Å². The smallest absolute Gasteiger partial charge is 0.237 e. The summed E-state index contributed by atoms with van der Waals surface area (Å²) in [6.07, 6.45) is 2.00. The topological polar surface area (TPSA) is 92.4 Å². The first-order chi connectivity index (χ1) is 8.02. The number of phenolic OH excluding ortho intramolecular Hbond substituents is 1. The number of carbonyl (C=O) groups is 1. The number of carbonyl (C=O) groups excluding carboxylic acids is 2. The first kappa shape index (κ1) is 13.2. The third-order valence-corrected chi connectivity index (χ3v) is 2.26. The molecule has 5 heteroatoms. The highest BCUT2D eigenvalue weighted by molar-refractivity contribution is 5.84. The number of aromatic hydroxyl groups is 1. The van der Waals surface area contributed by atoms with Crippen molar-refractivity contribution in [1.82, 2.24) is 5.32 Å². The van der Waals surface area contributed by atoms with Gasteiger partial charge in [0.05, 0.1) is 12.1 Å². The van der Waals surface area contributed by atoms with Gasteiger partial charge in [-0.3, -0.25) is 9.59 Å². The van der Waals surface area contributed by atoms with Crippen molar-refractivity contribution >= 4 is 12.2 Å². The standard InChI is InChI=1S/C12H15N2O3/c1-8(7-15)14-12(17)11(13)6-9-2-4-10(16)5-3-9/h2-5,8,11,16H,6,13H2,1H3,(H,14,17). The predicted molar refractivity (Wildman–Crippen MR) is 63.1 cm³/mol. The fourth-order valence-corrected chi connectivity index (χ4v) is 1.33. The SMILES string of the molecule is CC([C]=O)NC(=O)C(N)Cc1ccc(O)cc1. The van der Waals surface area contributed by atoms with E-state index in [4.69, 9.17) is 10.8 Å². The van der Waals surface area contributed by atoms with Gasteiger partial charge in [0.1, 0.15) is 5.75 Å².